The van der Waals surface area contributed by atoms with Gasteiger partial charge in [0.1, 0.15) is 5.84 Å². The molecule has 0 amide bonds. The average molecular weight is 137 g/mol. The third kappa shape index (κ3) is 0.943. The summed E-state index contributed by atoms with van der Waals surface area (Å²) in [5.74, 6) is 0.861. The van der Waals surface area contributed by atoms with E-state index in [9.17, 15) is 0 Å². The average Bonchev–Trinajstić information content (AvgIpc) is 2.30. The molecule has 1 aliphatic rings. The summed E-state index contributed by atoms with van der Waals surface area (Å²) in [6.07, 6.45) is 2.00. The summed E-state index contributed by atoms with van der Waals surface area (Å²) in [5, 5.41) is 4.01. The van der Waals surface area contributed by atoms with Crippen molar-refractivity contribution in [3.8, 4) is 0 Å². The van der Waals surface area contributed by atoms with E-state index in [0.29, 0.717) is 0 Å². The highest BCUT2D eigenvalue weighted by molar-refractivity contribution is 6.25. The normalized spacial score (nSPS) is 25.3. The molecule has 1 aliphatic heterocycles. The van der Waals surface area contributed by atoms with Crippen molar-refractivity contribution in [2.45, 2.75) is 13.8 Å². The summed E-state index contributed by atoms with van der Waals surface area (Å²) >= 11 is 0. The zero-order valence-electron chi connectivity index (χ0n) is 6.47. The highest BCUT2D eigenvalue weighted by atomic mass is 15.3. The van der Waals surface area contributed by atoms with E-state index in [2.05, 4.69) is 15.5 Å². The minimum Gasteiger partial charge on any atom is -0.270 e. The van der Waals surface area contributed by atoms with Crippen molar-refractivity contribution < 1.29 is 0 Å². The van der Waals surface area contributed by atoms with Gasteiger partial charge in [-0.25, -0.2) is 0 Å². The van der Waals surface area contributed by atoms with E-state index in [0.717, 1.165) is 17.1 Å². The van der Waals surface area contributed by atoms with Crippen molar-refractivity contribution in [3.63, 3.8) is 0 Å². The van der Waals surface area contributed by atoms with Crippen molar-refractivity contribution in [2.75, 3.05) is 7.05 Å². The number of hydrogen-bond acceptors (Lipinski definition) is 2. The first kappa shape index (κ1) is 6.99. The van der Waals surface area contributed by atoms with Crippen LogP contribution in [-0.4, -0.2) is 18.6 Å². The number of allylic oxidation sites excluding steroid dienone is 1. The molecule has 0 radical (unpaired) electrons. The molecule has 1 rings (SSSR count). The molecule has 10 heavy (non-hydrogen) atoms. The summed E-state index contributed by atoms with van der Waals surface area (Å²) in [7, 11) is 1.75. The second kappa shape index (κ2) is 2.64. The van der Waals surface area contributed by atoms with Crippen LogP contribution in [0.3, 0.4) is 0 Å². The van der Waals surface area contributed by atoms with Gasteiger partial charge in [-0.2, -0.15) is 5.10 Å². The molecule has 1 heterocycles. The molecule has 0 unspecified atom stereocenters. The van der Waals surface area contributed by atoms with E-state index >= 15 is 0 Å². The second-order valence-electron chi connectivity index (χ2n) is 2.08. The molecule has 0 aromatic rings. The van der Waals surface area contributed by atoms with Gasteiger partial charge in [0, 0.05) is 12.6 Å². The number of nitrogens with one attached hydrogen (secondary N) is 1. The molecule has 0 aromatic heterocycles. The van der Waals surface area contributed by atoms with Gasteiger partial charge in [0.05, 0.1) is 5.71 Å². The largest absolute Gasteiger partial charge is 0.270 e. The topological polar surface area (TPSA) is 36.8 Å². The summed E-state index contributed by atoms with van der Waals surface area (Å²) in [6, 6.07) is 0. The fraction of sp³-hybridized carbons (Fsp3) is 0.429. The Morgan fingerprint density at radius 3 is 2.70 bits per heavy atom. The Kier molecular flexibility index (Phi) is 1.85. The number of hydrogen-bond donors (Lipinski definition) is 1. The standard InChI is InChI=1S/C7H11N3/c1-4-6-5(2)9-10-7(6)8-3/h4H,1-3H3,(H,8,10)/b6-4-. The number of hydrazone groups is 1. The smallest absolute Gasteiger partial charge is 0.150 e. The molecular weight excluding hydrogens is 126 g/mol. The lowest BCUT2D eigenvalue weighted by Gasteiger charge is -1.94. The van der Waals surface area contributed by atoms with Crippen LogP contribution in [0.1, 0.15) is 13.8 Å². The van der Waals surface area contributed by atoms with Crippen molar-refractivity contribution in [1.29, 1.82) is 0 Å². The van der Waals surface area contributed by atoms with Gasteiger partial charge in [0.25, 0.3) is 0 Å². The second-order valence-corrected chi connectivity index (χ2v) is 2.08. The van der Waals surface area contributed by atoms with Crippen LogP contribution < -0.4 is 5.43 Å². The summed E-state index contributed by atoms with van der Waals surface area (Å²) in [6.45, 7) is 3.94. The van der Waals surface area contributed by atoms with E-state index in [1.807, 2.05) is 19.9 Å². The van der Waals surface area contributed by atoms with Crippen LogP contribution in [0.15, 0.2) is 21.7 Å². The fourth-order valence-corrected chi connectivity index (χ4v) is 0.945. The van der Waals surface area contributed by atoms with Gasteiger partial charge in [-0.15, -0.1) is 0 Å². The Hall–Kier alpha value is -1.12. The van der Waals surface area contributed by atoms with Gasteiger partial charge < -0.3 is 0 Å². The third-order valence-electron chi connectivity index (χ3n) is 1.49. The SMILES string of the molecule is C/C=C1/C(C)=NNC1=NC. The van der Waals surface area contributed by atoms with Crippen LogP contribution in [-0.2, 0) is 0 Å². The maximum atomic E-state index is 4.01. The predicted molar refractivity (Wildman–Crippen MR) is 43.4 cm³/mol. The Balaban J connectivity index is 2.95. The number of nitrogens with zero attached hydrogens (tertiary/aromatic N) is 2. The monoisotopic (exact) mass is 137 g/mol. The number of amidine groups is 1. The zero-order valence-corrected chi connectivity index (χ0v) is 6.47. The quantitative estimate of drug-likeness (QED) is 0.530. The van der Waals surface area contributed by atoms with E-state index in [4.69, 9.17) is 0 Å². The first-order chi connectivity index (χ1) is 4.79. The van der Waals surface area contributed by atoms with Crippen LogP contribution in [0.25, 0.3) is 0 Å². The number of aliphatic imine (C=N–C) groups is 1. The summed E-state index contributed by atoms with van der Waals surface area (Å²) in [5.41, 5.74) is 4.93. The van der Waals surface area contributed by atoms with Crippen molar-refractivity contribution in [3.05, 3.63) is 11.6 Å². The first-order valence-corrected chi connectivity index (χ1v) is 3.23. The van der Waals surface area contributed by atoms with Gasteiger partial charge in [0.2, 0.25) is 0 Å². The molecule has 54 valence electrons. The van der Waals surface area contributed by atoms with Gasteiger partial charge in [-0.1, -0.05) is 6.08 Å². The molecule has 1 N–H and O–H groups in total. The Bertz CT molecular complexity index is 223. The molecular formula is C7H11N3. The van der Waals surface area contributed by atoms with Crippen molar-refractivity contribution in [1.82, 2.24) is 5.43 Å². The fourth-order valence-electron chi connectivity index (χ4n) is 0.945. The molecule has 3 heteroatoms. The maximum Gasteiger partial charge on any atom is 0.150 e. The molecule has 3 nitrogen and oxygen atoms in total. The lowest BCUT2D eigenvalue weighted by molar-refractivity contribution is 1.05. The van der Waals surface area contributed by atoms with Crippen LogP contribution in [0.5, 0.6) is 0 Å². The molecule has 0 spiro atoms. The lowest BCUT2D eigenvalue weighted by atomic mass is 10.2. The van der Waals surface area contributed by atoms with Gasteiger partial charge in [-0.3, -0.25) is 10.4 Å². The van der Waals surface area contributed by atoms with E-state index < -0.39 is 0 Å². The van der Waals surface area contributed by atoms with Gasteiger partial charge in [-0.05, 0) is 13.8 Å². The van der Waals surface area contributed by atoms with Crippen molar-refractivity contribution >= 4 is 11.5 Å². The van der Waals surface area contributed by atoms with Crippen molar-refractivity contribution in [2.24, 2.45) is 10.1 Å². The minimum absolute atomic E-state index is 0.861. The van der Waals surface area contributed by atoms with Gasteiger partial charge >= 0.3 is 0 Å². The molecule has 0 bridgehead atoms. The molecule has 0 atom stereocenters. The van der Waals surface area contributed by atoms with Crippen LogP contribution in [0.2, 0.25) is 0 Å². The predicted octanol–water partition coefficient (Wildman–Crippen LogP) is 0.940. The Morgan fingerprint density at radius 2 is 2.30 bits per heavy atom. The molecule has 0 aromatic carbocycles. The lowest BCUT2D eigenvalue weighted by Crippen LogP contribution is -2.13. The van der Waals surface area contributed by atoms with E-state index in [1.165, 1.54) is 0 Å². The highest BCUT2D eigenvalue weighted by Gasteiger charge is 2.13. The molecule has 0 aliphatic carbocycles. The van der Waals surface area contributed by atoms with Gasteiger partial charge in [0.15, 0.2) is 0 Å². The summed E-state index contributed by atoms with van der Waals surface area (Å²) in [4.78, 5) is 4.01. The number of rotatable bonds is 0. The van der Waals surface area contributed by atoms with E-state index in [1.54, 1.807) is 7.05 Å². The Morgan fingerprint density at radius 1 is 1.60 bits per heavy atom. The first-order valence-electron chi connectivity index (χ1n) is 3.23. The van der Waals surface area contributed by atoms with E-state index in [-0.39, 0.29) is 0 Å². The summed E-state index contributed by atoms with van der Waals surface area (Å²) < 4.78 is 0. The minimum atomic E-state index is 0.861. The Labute approximate surface area is 60.5 Å². The van der Waals surface area contributed by atoms with Crippen LogP contribution in [0.4, 0.5) is 0 Å². The highest BCUT2D eigenvalue weighted by Crippen LogP contribution is 2.05. The third-order valence-corrected chi connectivity index (χ3v) is 1.49. The van der Waals surface area contributed by atoms with Crippen LogP contribution in [0, 0.1) is 0 Å². The zero-order chi connectivity index (χ0) is 7.56. The molecule has 0 fully saturated rings. The maximum absolute atomic E-state index is 4.01. The molecule has 0 saturated carbocycles. The van der Waals surface area contributed by atoms with Crippen LogP contribution >= 0.6 is 0 Å². The molecule has 0 saturated heterocycles.